The van der Waals surface area contributed by atoms with Crippen molar-refractivity contribution in [1.82, 2.24) is 4.72 Å². The highest BCUT2D eigenvalue weighted by atomic mass is 79.9. The highest BCUT2D eigenvalue weighted by molar-refractivity contribution is 9.10. The molecule has 0 bridgehead atoms. The van der Waals surface area contributed by atoms with E-state index in [4.69, 9.17) is 11.5 Å². The predicted octanol–water partition coefficient (Wildman–Crippen LogP) is 1.20. The Hall–Kier alpha value is -1.36. The summed E-state index contributed by atoms with van der Waals surface area (Å²) in [4.78, 5) is 10.8. The van der Waals surface area contributed by atoms with Gasteiger partial charge in [-0.25, -0.2) is 8.42 Å². The van der Waals surface area contributed by atoms with Crippen LogP contribution in [0.15, 0.2) is 33.6 Å². The average molecular weight is 332 g/mol. The Balaban J connectivity index is 3.01. The van der Waals surface area contributed by atoms with Crippen LogP contribution in [0.4, 0.5) is 0 Å². The molecule has 2 N–H and O–H groups in total. The molecule has 0 aliphatic carbocycles. The summed E-state index contributed by atoms with van der Waals surface area (Å²) in [7, 11) is -3.91. The van der Waals surface area contributed by atoms with Crippen LogP contribution in [0.1, 0.15) is 6.42 Å². The fraction of sp³-hybridized carbons (Fsp3) is 0.182. The molecule has 0 radical (unpaired) electrons. The second-order valence-corrected chi connectivity index (χ2v) is 6.01. The number of hydrogen-bond acceptors (Lipinski definition) is 3. The Bertz CT molecular complexity index is 591. The molecular weight excluding hydrogens is 322 g/mol. The van der Waals surface area contributed by atoms with Crippen LogP contribution in [-0.2, 0) is 14.8 Å². The summed E-state index contributed by atoms with van der Waals surface area (Å²) in [6.07, 6.45) is 4.77. The van der Waals surface area contributed by atoms with E-state index in [-0.39, 0.29) is 11.3 Å². The lowest BCUT2D eigenvalue weighted by Crippen LogP contribution is -2.40. The molecule has 0 aromatic heterocycles. The molecule has 1 unspecified atom stereocenters. The van der Waals surface area contributed by atoms with Crippen LogP contribution >= 0.6 is 15.9 Å². The first-order valence-corrected chi connectivity index (χ1v) is 7.08. The molecule has 1 rings (SSSR count). The van der Waals surface area contributed by atoms with Crippen molar-refractivity contribution in [2.24, 2.45) is 0 Å². The minimum absolute atomic E-state index is 0.0276. The number of carboxylic acids is 1. The highest BCUT2D eigenvalue weighted by Gasteiger charge is 2.24. The van der Waals surface area contributed by atoms with Crippen LogP contribution in [0.25, 0.3) is 0 Å². The molecule has 1 aromatic rings. The van der Waals surface area contributed by atoms with E-state index in [9.17, 15) is 13.2 Å². The Labute approximate surface area is 113 Å². The van der Waals surface area contributed by atoms with E-state index >= 15 is 0 Å². The topological polar surface area (TPSA) is 83.5 Å². The van der Waals surface area contributed by atoms with Crippen LogP contribution in [0, 0.1) is 12.3 Å². The molecule has 0 aliphatic heterocycles. The normalized spacial score (nSPS) is 12.7. The van der Waals surface area contributed by atoms with E-state index in [1.807, 2.05) is 4.72 Å². The molecule has 1 aromatic carbocycles. The monoisotopic (exact) mass is 331 g/mol. The number of rotatable bonds is 5. The lowest BCUT2D eigenvalue weighted by Gasteiger charge is -2.12. The van der Waals surface area contributed by atoms with Crippen LogP contribution in [0.3, 0.4) is 0 Å². The first-order valence-electron chi connectivity index (χ1n) is 4.81. The second-order valence-electron chi connectivity index (χ2n) is 3.38. The first-order chi connectivity index (χ1) is 8.36. The van der Waals surface area contributed by atoms with E-state index in [1.165, 1.54) is 18.2 Å². The number of terminal acetylenes is 1. The molecule has 0 heterocycles. The minimum atomic E-state index is -3.91. The summed E-state index contributed by atoms with van der Waals surface area (Å²) in [5, 5.41) is 8.84. The molecule has 96 valence electrons. The number of halogens is 1. The fourth-order valence-electron chi connectivity index (χ4n) is 1.19. The molecule has 0 saturated heterocycles. The lowest BCUT2D eigenvalue weighted by atomic mass is 10.2. The van der Waals surface area contributed by atoms with Gasteiger partial charge in [-0.3, -0.25) is 4.79 Å². The number of hydrogen-bond donors (Lipinski definition) is 2. The minimum Gasteiger partial charge on any atom is -0.480 e. The van der Waals surface area contributed by atoms with Crippen LogP contribution in [0.2, 0.25) is 0 Å². The van der Waals surface area contributed by atoms with Gasteiger partial charge in [0.15, 0.2) is 0 Å². The zero-order valence-electron chi connectivity index (χ0n) is 9.13. The van der Waals surface area contributed by atoms with Gasteiger partial charge in [0.05, 0.1) is 4.90 Å². The van der Waals surface area contributed by atoms with Gasteiger partial charge < -0.3 is 5.11 Å². The Morgan fingerprint density at radius 1 is 1.56 bits per heavy atom. The fourth-order valence-corrected chi connectivity index (χ4v) is 2.97. The van der Waals surface area contributed by atoms with Gasteiger partial charge in [-0.15, -0.1) is 12.3 Å². The Kier molecular flexibility index (Phi) is 4.90. The Morgan fingerprint density at radius 2 is 2.22 bits per heavy atom. The van der Waals surface area contributed by atoms with Crippen molar-refractivity contribution in [2.75, 3.05) is 0 Å². The summed E-state index contributed by atoms with van der Waals surface area (Å²) < 4.78 is 26.4. The first kappa shape index (κ1) is 14.7. The summed E-state index contributed by atoms with van der Waals surface area (Å²) in [5.74, 6) is 0.804. The number of benzene rings is 1. The maximum absolute atomic E-state index is 11.9. The van der Waals surface area contributed by atoms with Crippen molar-refractivity contribution in [1.29, 1.82) is 0 Å². The zero-order valence-corrected chi connectivity index (χ0v) is 11.5. The zero-order chi connectivity index (χ0) is 13.8. The third kappa shape index (κ3) is 3.84. The van der Waals surface area contributed by atoms with Gasteiger partial charge in [-0.05, 0) is 18.2 Å². The number of carboxylic acid groups (broad SMARTS) is 1. The van der Waals surface area contributed by atoms with Crippen LogP contribution in [0.5, 0.6) is 0 Å². The molecule has 5 nitrogen and oxygen atoms in total. The summed E-state index contributed by atoms with van der Waals surface area (Å²) in [6.45, 7) is 0. The van der Waals surface area contributed by atoms with Crippen molar-refractivity contribution in [3.63, 3.8) is 0 Å². The third-order valence-corrected chi connectivity index (χ3v) is 3.99. The van der Waals surface area contributed by atoms with Crippen molar-refractivity contribution >= 4 is 31.9 Å². The van der Waals surface area contributed by atoms with Gasteiger partial charge in [-0.1, -0.05) is 22.0 Å². The van der Waals surface area contributed by atoms with Crippen molar-refractivity contribution < 1.29 is 18.3 Å². The van der Waals surface area contributed by atoms with Gasteiger partial charge >= 0.3 is 5.97 Å². The maximum atomic E-state index is 11.9. The highest BCUT2D eigenvalue weighted by Crippen LogP contribution is 2.16. The summed E-state index contributed by atoms with van der Waals surface area (Å²) in [5.41, 5.74) is 0. The molecule has 0 fully saturated rings. The van der Waals surface area contributed by atoms with E-state index in [2.05, 4.69) is 21.9 Å². The summed E-state index contributed by atoms with van der Waals surface area (Å²) in [6, 6.07) is 4.60. The quantitative estimate of drug-likeness (QED) is 0.794. The summed E-state index contributed by atoms with van der Waals surface area (Å²) >= 11 is 3.14. The number of sulfonamides is 1. The third-order valence-electron chi connectivity index (χ3n) is 2.02. The molecule has 0 saturated carbocycles. The molecule has 7 heteroatoms. The molecule has 0 aliphatic rings. The standard InChI is InChI=1S/C11H10BrNO4S/c1-2-4-10(11(14)15)13-18(16,17)9-6-3-5-8(12)7-9/h1,3,5-7,10,13H,4H2,(H,14,15). The number of aliphatic carboxylic acids is 1. The van der Waals surface area contributed by atoms with Gasteiger partial charge in [0.2, 0.25) is 10.0 Å². The van der Waals surface area contributed by atoms with Crippen molar-refractivity contribution in [3.8, 4) is 12.3 Å². The Morgan fingerprint density at radius 3 is 2.72 bits per heavy atom. The van der Waals surface area contributed by atoms with Gasteiger partial charge in [0.25, 0.3) is 0 Å². The molecule has 0 spiro atoms. The predicted molar refractivity (Wildman–Crippen MR) is 69.3 cm³/mol. The number of carbonyl (C=O) groups is 1. The van der Waals surface area contributed by atoms with E-state index < -0.39 is 22.0 Å². The molecule has 18 heavy (non-hydrogen) atoms. The lowest BCUT2D eigenvalue weighted by molar-refractivity contribution is -0.138. The second kappa shape index (κ2) is 6.00. The van der Waals surface area contributed by atoms with Gasteiger partial charge in [0, 0.05) is 10.9 Å². The van der Waals surface area contributed by atoms with Crippen molar-refractivity contribution in [2.45, 2.75) is 17.4 Å². The molecular formula is C11H10BrNO4S. The molecule has 1 atom stereocenters. The molecule has 0 amide bonds. The van der Waals surface area contributed by atoms with Crippen LogP contribution in [-0.4, -0.2) is 25.5 Å². The smallest absolute Gasteiger partial charge is 0.322 e. The van der Waals surface area contributed by atoms with Gasteiger partial charge in [0.1, 0.15) is 6.04 Å². The maximum Gasteiger partial charge on any atom is 0.322 e. The SMILES string of the molecule is C#CCC(NS(=O)(=O)c1cccc(Br)c1)C(=O)O. The largest absolute Gasteiger partial charge is 0.480 e. The number of nitrogens with one attached hydrogen (secondary N) is 1. The van der Waals surface area contributed by atoms with E-state index in [0.29, 0.717) is 4.47 Å². The average Bonchev–Trinajstić information content (AvgIpc) is 2.28. The van der Waals surface area contributed by atoms with Crippen LogP contribution < -0.4 is 4.72 Å². The van der Waals surface area contributed by atoms with E-state index in [1.54, 1.807) is 6.07 Å². The van der Waals surface area contributed by atoms with Gasteiger partial charge in [-0.2, -0.15) is 4.72 Å². The van der Waals surface area contributed by atoms with E-state index in [0.717, 1.165) is 0 Å². The van der Waals surface area contributed by atoms with Crippen molar-refractivity contribution in [3.05, 3.63) is 28.7 Å².